The van der Waals surface area contributed by atoms with Gasteiger partial charge in [0, 0.05) is 13.0 Å². The zero-order chi connectivity index (χ0) is 21.3. The Balaban J connectivity index is 1.76. The fourth-order valence-corrected chi connectivity index (χ4v) is 3.30. The van der Waals surface area contributed by atoms with Gasteiger partial charge in [-0.3, -0.25) is 14.5 Å². The number of hydrogen-bond donors (Lipinski definition) is 0. The maximum atomic E-state index is 12.8. The van der Waals surface area contributed by atoms with Gasteiger partial charge in [0.1, 0.15) is 11.6 Å². The zero-order valence-electron chi connectivity index (χ0n) is 16.8. The highest BCUT2D eigenvalue weighted by atomic mass is 16.7. The summed E-state index contributed by atoms with van der Waals surface area (Å²) in [5, 5.41) is 0.439. The Morgan fingerprint density at radius 1 is 1.10 bits per heavy atom. The smallest absolute Gasteiger partial charge is 0.411 e. The maximum Gasteiger partial charge on any atom is 0.411 e. The van der Waals surface area contributed by atoms with E-state index in [4.69, 9.17) is 14.3 Å². The van der Waals surface area contributed by atoms with E-state index in [-0.39, 0.29) is 30.2 Å². The first-order valence-electron chi connectivity index (χ1n) is 9.43. The second kappa shape index (κ2) is 7.82. The molecule has 156 valence electrons. The minimum atomic E-state index is -1.04. The highest BCUT2D eigenvalue weighted by Gasteiger charge is 2.46. The fourth-order valence-electron chi connectivity index (χ4n) is 3.30. The van der Waals surface area contributed by atoms with Crippen LogP contribution in [0.4, 0.5) is 4.79 Å². The molecule has 0 spiro atoms. The minimum Gasteiger partial charge on any atom is -0.444 e. The van der Waals surface area contributed by atoms with Crippen LogP contribution < -0.4 is 0 Å². The van der Waals surface area contributed by atoms with Gasteiger partial charge in [-0.05, 0) is 39.8 Å². The van der Waals surface area contributed by atoms with Crippen LogP contribution in [-0.4, -0.2) is 64.7 Å². The fraction of sp³-hybridized carbons (Fsp3) is 0.500. The second-order valence-corrected chi connectivity index (χ2v) is 7.82. The van der Waals surface area contributed by atoms with Crippen LogP contribution in [0.5, 0.6) is 0 Å². The van der Waals surface area contributed by atoms with Gasteiger partial charge in [-0.1, -0.05) is 17.2 Å². The number of hydrogen-bond acceptors (Lipinski definition) is 7. The van der Waals surface area contributed by atoms with Crippen molar-refractivity contribution in [2.75, 3.05) is 13.2 Å². The molecule has 1 aromatic carbocycles. The van der Waals surface area contributed by atoms with Crippen LogP contribution in [0.1, 0.15) is 54.8 Å². The summed E-state index contributed by atoms with van der Waals surface area (Å²) in [6, 6.07) is 5.16. The third kappa shape index (κ3) is 4.24. The molecule has 1 saturated heterocycles. The van der Waals surface area contributed by atoms with Crippen molar-refractivity contribution < 1.29 is 33.5 Å². The Morgan fingerprint density at radius 2 is 1.69 bits per heavy atom. The molecule has 3 amide bonds. The largest absolute Gasteiger partial charge is 0.444 e. The molecular formula is C20H24N2O7. The molecule has 0 aliphatic carbocycles. The summed E-state index contributed by atoms with van der Waals surface area (Å²) >= 11 is 0. The molecular weight excluding hydrogens is 380 g/mol. The average Bonchev–Trinajstić information content (AvgIpc) is 3.17. The number of amides is 3. The maximum absolute atomic E-state index is 12.8. The van der Waals surface area contributed by atoms with Crippen LogP contribution in [0, 0.1) is 0 Å². The van der Waals surface area contributed by atoms with Crippen molar-refractivity contribution in [1.82, 2.24) is 9.96 Å². The molecule has 0 bridgehead atoms. The molecule has 1 aromatic rings. The van der Waals surface area contributed by atoms with E-state index in [1.807, 2.05) is 6.92 Å². The van der Waals surface area contributed by atoms with Crippen LogP contribution in [-0.2, 0) is 19.1 Å². The summed E-state index contributed by atoms with van der Waals surface area (Å²) in [6.45, 7) is 7.51. The van der Waals surface area contributed by atoms with Gasteiger partial charge < -0.3 is 14.3 Å². The normalized spacial score (nSPS) is 21.4. The molecule has 9 nitrogen and oxygen atoms in total. The Labute approximate surface area is 168 Å². The Morgan fingerprint density at radius 3 is 2.21 bits per heavy atom. The second-order valence-electron chi connectivity index (χ2n) is 7.82. The number of rotatable bonds is 4. The van der Waals surface area contributed by atoms with Gasteiger partial charge in [0.2, 0.25) is 0 Å². The van der Waals surface area contributed by atoms with Crippen molar-refractivity contribution in [3.05, 3.63) is 35.4 Å². The quantitative estimate of drug-likeness (QED) is 0.709. The first kappa shape index (κ1) is 20.8. The Kier molecular flexibility index (Phi) is 5.61. The Bertz CT molecular complexity index is 810. The van der Waals surface area contributed by atoms with E-state index >= 15 is 0 Å². The van der Waals surface area contributed by atoms with Crippen molar-refractivity contribution in [2.24, 2.45) is 0 Å². The van der Waals surface area contributed by atoms with Crippen LogP contribution in [0.2, 0.25) is 0 Å². The number of hydroxylamine groups is 2. The van der Waals surface area contributed by atoms with Gasteiger partial charge in [0.25, 0.3) is 11.8 Å². The number of fused-ring (bicyclic) bond motifs is 1. The van der Waals surface area contributed by atoms with Crippen LogP contribution in [0.15, 0.2) is 24.3 Å². The lowest BCUT2D eigenvalue weighted by atomic mass is 10.1. The highest BCUT2D eigenvalue weighted by molar-refractivity contribution is 6.20. The molecule has 0 radical (unpaired) electrons. The van der Waals surface area contributed by atoms with Crippen molar-refractivity contribution in [3.63, 3.8) is 0 Å². The van der Waals surface area contributed by atoms with E-state index in [0.29, 0.717) is 11.7 Å². The number of ether oxygens (including phenoxy) is 2. The van der Waals surface area contributed by atoms with E-state index in [2.05, 4.69) is 0 Å². The first-order valence-corrected chi connectivity index (χ1v) is 9.43. The number of imide groups is 1. The summed E-state index contributed by atoms with van der Waals surface area (Å²) < 4.78 is 10.9. The summed E-state index contributed by atoms with van der Waals surface area (Å²) in [4.78, 5) is 56.6. The summed E-state index contributed by atoms with van der Waals surface area (Å²) in [6.07, 6.45) is -0.897. The average molecular weight is 404 g/mol. The standard InChI is InChI=1S/C20H24N2O7/c1-5-27-12-10-15(21(11-12)19(26)28-20(2,3)4)18(25)29-22-16(23)13-8-6-7-9-14(13)17(22)24/h6-9,12,15H,5,10-11H2,1-4H3. The molecule has 2 unspecified atom stereocenters. The van der Waals surface area contributed by atoms with E-state index in [1.165, 1.54) is 17.0 Å². The van der Waals surface area contributed by atoms with Gasteiger partial charge in [0.15, 0.2) is 0 Å². The molecule has 0 saturated carbocycles. The van der Waals surface area contributed by atoms with Gasteiger partial charge in [-0.15, -0.1) is 0 Å². The monoisotopic (exact) mass is 404 g/mol. The molecule has 0 aromatic heterocycles. The molecule has 2 aliphatic rings. The lowest BCUT2D eigenvalue weighted by molar-refractivity contribution is -0.173. The minimum absolute atomic E-state index is 0.143. The van der Waals surface area contributed by atoms with Crippen molar-refractivity contribution in [1.29, 1.82) is 0 Å². The van der Waals surface area contributed by atoms with E-state index < -0.39 is 35.5 Å². The number of benzene rings is 1. The Hall–Kier alpha value is -2.94. The molecule has 3 rings (SSSR count). The number of carbonyl (C=O) groups is 4. The van der Waals surface area contributed by atoms with Gasteiger partial charge in [-0.25, -0.2) is 9.59 Å². The molecule has 1 fully saturated rings. The van der Waals surface area contributed by atoms with Crippen molar-refractivity contribution >= 4 is 23.9 Å². The third-order valence-electron chi connectivity index (χ3n) is 4.50. The summed E-state index contributed by atoms with van der Waals surface area (Å²) in [5.41, 5.74) is -0.432. The topological polar surface area (TPSA) is 102 Å². The zero-order valence-corrected chi connectivity index (χ0v) is 16.8. The number of nitrogens with zero attached hydrogens (tertiary/aromatic N) is 2. The van der Waals surface area contributed by atoms with E-state index in [1.54, 1.807) is 32.9 Å². The molecule has 2 aliphatic heterocycles. The van der Waals surface area contributed by atoms with E-state index in [0.717, 1.165) is 0 Å². The van der Waals surface area contributed by atoms with Crippen LogP contribution in [0.25, 0.3) is 0 Å². The number of likely N-dealkylation sites (tertiary alicyclic amines) is 1. The lowest BCUT2D eigenvalue weighted by Crippen LogP contribution is -2.46. The lowest BCUT2D eigenvalue weighted by Gasteiger charge is -2.27. The molecule has 9 heteroatoms. The SMILES string of the molecule is CCOC1CC(C(=O)ON2C(=O)c3ccccc3C2=O)N(C(=O)OC(C)(C)C)C1. The van der Waals surface area contributed by atoms with E-state index in [9.17, 15) is 19.2 Å². The number of carbonyl (C=O) groups excluding carboxylic acids is 4. The van der Waals surface area contributed by atoms with Gasteiger partial charge >= 0.3 is 12.1 Å². The summed E-state index contributed by atoms with van der Waals surface area (Å²) in [7, 11) is 0. The molecule has 29 heavy (non-hydrogen) atoms. The van der Waals surface area contributed by atoms with Crippen molar-refractivity contribution in [2.45, 2.75) is 51.9 Å². The molecule has 2 heterocycles. The van der Waals surface area contributed by atoms with Gasteiger partial charge in [-0.2, -0.15) is 0 Å². The summed E-state index contributed by atoms with van der Waals surface area (Å²) in [5.74, 6) is -2.34. The van der Waals surface area contributed by atoms with Crippen LogP contribution in [0.3, 0.4) is 0 Å². The highest BCUT2D eigenvalue weighted by Crippen LogP contribution is 2.27. The van der Waals surface area contributed by atoms with Gasteiger partial charge in [0.05, 0.1) is 23.8 Å². The van der Waals surface area contributed by atoms with Crippen LogP contribution >= 0.6 is 0 Å². The van der Waals surface area contributed by atoms with Crippen molar-refractivity contribution in [3.8, 4) is 0 Å². The third-order valence-corrected chi connectivity index (χ3v) is 4.50. The first-order chi connectivity index (χ1) is 13.6. The predicted octanol–water partition coefficient (Wildman–Crippen LogP) is 2.16. The molecule has 0 N–H and O–H groups in total. The predicted molar refractivity (Wildman–Crippen MR) is 99.8 cm³/mol. The molecule has 2 atom stereocenters.